The highest BCUT2D eigenvalue weighted by molar-refractivity contribution is 5.79. The van der Waals surface area contributed by atoms with Gasteiger partial charge in [-0.05, 0) is 32.0 Å². The minimum absolute atomic E-state index is 0.272. The number of carbonyl (C=O) groups is 1. The maximum absolute atomic E-state index is 14.0. The van der Waals surface area contributed by atoms with Crippen molar-refractivity contribution in [2.75, 3.05) is 13.1 Å². The fraction of sp³-hybridized carbons (Fsp3) is 0.471. The zero-order valence-corrected chi connectivity index (χ0v) is 13.9. The number of hydrogen-bond donors (Lipinski definition) is 3. The molecule has 0 radical (unpaired) electrons. The van der Waals surface area contributed by atoms with Crippen LogP contribution in [0.1, 0.15) is 13.3 Å². The summed E-state index contributed by atoms with van der Waals surface area (Å²) in [7, 11) is 0. The summed E-state index contributed by atoms with van der Waals surface area (Å²) in [6.07, 6.45) is -0.407. The van der Waals surface area contributed by atoms with Crippen molar-refractivity contribution >= 4 is 16.8 Å². The summed E-state index contributed by atoms with van der Waals surface area (Å²) in [5.41, 5.74) is -0.735. The summed E-state index contributed by atoms with van der Waals surface area (Å²) in [5.74, 6) is -0.766. The largest absolute Gasteiger partial charge is 0.352 e. The first-order valence-electron chi connectivity index (χ1n) is 8.33. The minimum atomic E-state index is -1.03. The number of amides is 1. The van der Waals surface area contributed by atoms with Gasteiger partial charge in [-0.1, -0.05) is 12.1 Å². The summed E-state index contributed by atoms with van der Waals surface area (Å²) in [5, 5.41) is 6.02. The van der Waals surface area contributed by atoms with E-state index in [2.05, 4.69) is 15.6 Å². The van der Waals surface area contributed by atoms with E-state index in [1.165, 1.54) is 0 Å². The number of fused-ring (bicyclic) bond motifs is 1. The lowest BCUT2D eigenvalue weighted by Gasteiger charge is -2.31. The highest BCUT2D eigenvalue weighted by Gasteiger charge is 2.30. The molecule has 2 heterocycles. The Morgan fingerprint density at radius 1 is 1.40 bits per heavy atom. The Balaban J connectivity index is 1.76. The van der Waals surface area contributed by atoms with Crippen LogP contribution in [-0.4, -0.2) is 40.8 Å². The molecule has 1 amide bonds. The van der Waals surface area contributed by atoms with E-state index in [9.17, 15) is 18.8 Å². The van der Waals surface area contributed by atoms with Crippen LogP contribution < -0.4 is 21.9 Å². The Morgan fingerprint density at radius 3 is 2.92 bits per heavy atom. The smallest absolute Gasteiger partial charge is 0.329 e. The van der Waals surface area contributed by atoms with Gasteiger partial charge in [0.15, 0.2) is 0 Å². The van der Waals surface area contributed by atoms with E-state index in [1.807, 2.05) is 0 Å². The zero-order valence-electron chi connectivity index (χ0n) is 13.9. The average molecular weight is 348 g/mol. The molecule has 1 aliphatic rings. The van der Waals surface area contributed by atoms with E-state index >= 15 is 0 Å². The first-order chi connectivity index (χ1) is 12.0. The summed E-state index contributed by atoms with van der Waals surface area (Å²) >= 11 is 0. The third-order valence-electron chi connectivity index (χ3n) is 4.68. The predicted molar refractivity (Wildman–Crippen MR) is 92.3 cm³/mol. The van der Waals surface area contributed by atoms with Gasteiger partial charge in [-0.3, -0.25) is 14.2 Å². The number of carbonyl (C=O) groups excluding carboxylic acids is 1. The number of benzene rings is 1. The van der Waals surface area contributed by atoms with Crippen molar-refractivity contribution in [1.29, 1.82) is 0 Å². The van der Waals surface area contributed by atoms with Gasteiger partial charge in [0.1, 0.15) is 12.7 Å². The van der Waals surface area contributed by atoms with E-state index in [1.54, 1.807) is 31.2 Å². The second-order valence-electron chi connectivity index (χ2n) is 6.40. The van der Waals surface area contributed by atoms with Crippen molar-refractivity contribution in [3.63, 3.8) is 0 Å². The molecule has 0 spiro atoms. The molecule has 2 aromatic rings. The van der Waals surface area contributed by atoms with Crippen molar-refractivity contribution in [3.05, 3.63) is 45.1 Å². The maximum Gasteiger partial charge on any atom is 0.329 e. The molecule has 3 N–H and O–H groups in total. The number of nitrogens with one attached hydrogen (secondary N) is 3. The molecule has 0 bridgehead atoms. The van der Waals surface area contributed by atoms with E-state index in [-0.39, 0.29) is 18.5 Å². The molecule has 0 aliphatic carbocycles. The predicted octanol–water partition coefficient (Wildman–Crippen LogP) is 0.142. The molecule has 25 heavy (non-hydrogen) atoms. The number of piperidine rings is 1. The molecule has 1 saturated heterocycles. The van der Waals surface area contributed by atoms with Crippen LogP contribution in [0.4, 0.5) is 4.39 Å². The molecule has 1 fully saturated rings. The molecular weight excluding hydrogens is 327 g/mol. The Labute approximate surface area is 143 Å². The van der Waals surface area contributed by atoms with Gasteiger partial charge in [-0.15, -0.1) is 0 Å². The van der Waals surface area contributed by atoms with E-state index in [4.69, 9.17) is 0 Å². The average Bonchev–Trinajstić information content (AvgIpc) is 2.59. The number of nitrogens with zero attached hydrogens (tertiary/aromatic N) is 1. The number of para-hydroxylation sites is 1. The van der Waals surface area contributed by atoms with Crippen LogP contribution in [0.15, 0.2) is 33.9 Å². The van der Waals surface area contributed by atoms with Crippen LogP contribution in [0.25, 0.3) is 10.9 Å². The molecule has 2 unspecified atom stereocenters. The Hall–Kier alpha value is -2.48. The fourth-order valence-electron chi connectivity index (χ4n) is 3.30. The summed E-state index contributed by atoms with van der Waals surface area (Å²) in [6, 6.07) is 6.24. The highest BCUT2D eigenvalue weighted by atomic mass is 19.1. The standard InChI is InChI=1S/C17H21FN4O3/c1-10(11-6-7-19-8-13(11)18)20-15(23)9-22-16(24)12-4-2-3-5-14(12)21-17(22)25/h2-5,10-11,13,19H,6-9H2,1H3,(H,20,23)(H,21,25)/t10-,11?,13?/m0/s1. The lowest BCUT2D eigenvalue weighted by atomic mass is 9.89. The van der Waals surface area contributed by atoms with Crippen molar-refractivity contribution in [1.82, 2.24) is 20.2 Å². The Kier molecular flexibility index (Phi) is 4.98. The quantitative estimate of drug-likeness (QED) is 0.732. The lowest BCUT2D eigenvalue weighted by Crippen LogP contribution is -2.50. The number of rotatable bonds is 4. The number of H-pyrrole nitrogens is 1. The molecule has 1 aromatic carbocycles. The van der Waals surface area contributed by atoms with Gasteiger partial charge in [-0.2, -0.15) is 0 Å². The van der Waals surface area contributed by atoms with Gasteiger partial charge in [0.25, 0.3) is 5.56 Å². The third kappa shape index (κ3) is 3.63. The van der Waals surface area contributed by atoms with Gasteiger partial charge in [0.2, 0.25) is 5.91 Å². The van der Waals surface area contributed by atoms with Crippen LogP contribution >= 0.6 is 0 Å². The van der Waals surface area contributed by atoms with Gasteiger partial charge < -0.3 is 15.6 Å². The second-order valence-corrected chi connectivity index (χ2v) is 6.40. The van der Waals surface area contributed by atoms with Gasteiger partial charge >= 0.3 is 5.69 Å². The highest BCUT2D eigenvalue weighted by Crippen LogP contribution is 2.19. The Bertz CT molecular complexity index is 891. The van der Waals surface area contributed by atoms with E-state index in [0.717, 1.165) is 4.57 Å². The molecule has 1 aromatic heterocycles. The molecule has 0 saturated carbocycles. The molecule has 3 rings (SSSR count). The molecule has 134 valence electrons. The number of alkyl halides is 1. The third-order valence-corrected chi connectivity index (χ3v) is 4.68. The SMILES string of the molecule is C[C@H](NC(=O)Cn1c(=O)[nH]c2ccccc2c1=O)C1CCNCC1F. The van der Waals surface area contributed by atoms with E-state index in [0.29, 0.717) is 23.9 Å². The number of halogens is 1. The van der Waals surface area contributed by atoms with Crippen LogP contribution in [0.5, 0.6) is 0 Å². The second kappa shape index (κ2) is 7.18. The van der Waals surface area contributed by atoms with Crippen molar-refractivity contribution in [3.8, 4) is 0 Å². The summed E-state index contributed by atoms with van der Waals surface area (Å²) in [4.78, 5) is 39.3. The number of aromatic amines is 1. The van der Waals surface area contributed by atoms with Crippen LogP contribution in [0, 0.1) is 5.92 Å². The molecule has 3 atom stereocenters. The van der Waals surface area contributed by atoms with Crippen LogP contribution in [0.2, 0.25) is 0 Å². The Morgan fingerprint density at radius 2 is 2.16 bits per heavy atom. The monoisotopic (exact) mass is 348 g/mol. The van der Waals surface area contributed by atoms with Gasteiger partial charge in [0.05, 0.1) is 10.9 Å². The number of hydrogen-bond acceptors (Lipinski definition) is 4. The van der Waals surface area contributed by atoms with Crippen molar-refractivity contribution in [2.24, 2.45) is 5.92 Å². The first-order valence-corrected chi connectivity index (χ1v) is 8.33. The first kappa shape index (κ1) is 17.3. The van der Waals surface area contributed by atoms with Crippen LogP contribution in [0.3, 0.4) is 0 Å². The van der Waals surface area contributed by atoms with Crippen molar-refractivity contribution in [2.45, 2.75) is 32.1 Å². The zero-order chi connectivity index (χ0) is 18.0. The molecule has 8 heteroatoms. The molecule has 1 aliphatic heterocycles. The lowest BCUT2D eigenvalue weighted by molar-refractivity contribution is -0.123. The molecular formula is C17H21FN4O3. The van der Waals surface area contributed by atoms with Crippen molar-refractivity contribution < 1.29 is 9.18 Å². The topological polar surface area (TPSA) is 96.0 Å². The maximum atomic E-state index is 14.0. The fourth-order valence-corrected chi connectivity index (χ4v) is 3.30. The summed E-state index contributed by atoms with van der Waals surface area (Å²) < 4.78 is 14.8. The number of aromatic nitrogens is 2. The van der Waals surface area contributed by atoms with Gasteiger partial charge in [-0.25, -0.2) is 9.18 Å². The minimum Gasteiger partial charge on any atom is -0.352 e. The summed E-state index contributed by atoms with van der Waals surface area (Å²) in [6.45, 7) is 2.32. The van der Waals surface area contributed by atoms with Gasteiger partial charge in [0, 0.05) is 18.5 Å². The molecule has 7 nitrogen and oxygen atoms in total. The van der Waals surface area contributed by atoms with E-state index < -0.39 is 29.9 Å². The normalized spacial score (nSPS) is 21.8. The van der Waals surface area contributed by atoms with Crippen LogP contribution in [-0.2, 0) is 11.3 Å².